The molecule has 1 fully saturated rings. The Bertz CT molecular complexity index is 1470. The topological polar surface area (TPSA) is 99.1 Å². The fourth-order valence-electron chi connectivity index (χ4n) is 4.55. The van der Waals surface area contributed by atoms with Gasteiger partial charge in [0, 0.05) is 54.3 Å². The number of methoxy groups -OCH3 is 1. The van der Waals surface area contributed by atoms with Gasteiger partial charge in [-0.3, -0.25) is 4.68 Å². The standard InChI is InChI=1S/C26H27N9O/c1-36-25-8-7-23-30-31-24(35(23)32-25)14-19-5-4-6-20(13-19)26-27-15-21(16-28-26)22-17-29-34(18-22)12-11-33-9-2-3-10-33/h4-8,13,15-18H,2-3,9-12,14H2,1H3. The highest BCUT2D eigenvalue weighted by Gasteiger charge is 2.13. The molecule has 6 rings (SSSR count). The molecule has 0 saturated carbocycles. The monoisotopic (exact) mass is 481 g/mol. The Morgan fingerprint density at radius 2 is 1.75 bits per heavy atom. The second kappa shape index (κ2) is 9.82. The molecule has 1 saturated heterocycles. The van der Waals surface area contributed by atoms with Gasteiger partial charge in [-0.25, -0.2) is 9.97 Å². The Morgan fingerprint density at radius 1 is 0.889 bits per heavy atom. The van der Waals surface area contributed by atoms with E-state index in [-0.39, 0.29) is 0 Å². The number of hydrogen-bond donors (Lipinski definition) is 0. The number of fused-ring (bicyclic) bond motifs is 1. The Morgan fingerprint density at radius 3 is 2.58 bits per heavy atom. The van der Waals surface area contributed by atoms with Gasteiger partial charge < -0.3 is 9.64 Å². The molecule has 1 aliphatic rings. The number of benzene rings is 1. The molecule has 0 bridgehead atoms. The molecule has 0 aliphatic carbocycles. The van der Waals surface area contributed by atoms with Crippen LogP contribution in [-0.4, -0.2) is 71.2 Å². The third-order valence-corrected chi connectivity index (χ3v) is 6.52. The van der Waals surface area contributed by atoms with Gasteiger partial charge in [0.05, 0.1) is 19.9 Å². The second-order valence-electron chi connectivity index (χ2n) is 8.98. The number of aromatic nitrogens is 8. The quantitative estimate of drug-likeness (QED) is 0.333. The van der Waals surface area contributed by atoms with E-state index in [4.69, 9.17) is 4.74 Å². The first-order valence-corrected chi connectivity index (χ1v) is 12.2. The van der Waals surface area contributed by atoms with E-state index >= 15 is 0 Å². The fraction of sp³-hybridized carbons (Fsp3) is 0.308. The lowest BCUT2D eigenvalue weighted by atomic mass is 10.1. The Balaban J connectivity index is 1.16. The second-order valence-corrected chi connectivity index (χ2v) is 8.98. The van der Waals surface area contributed by atoms with Gasteiger partial charge in [-0.05, 0) is 43.6 Å². The van der Waals surface area contributed by atoms with Crippen LogP contribution in [0.2, 0.25) is 0 Å². The highest BCUT2D eigenvalue weighted by atomic mass is 16.5. The number of hydrogen-bond acceptors (Lipinski definition) is 8. The van der Waals surface area contributed by atoms with E-state index in [0.29, 0.717) is 23.8 Å². The molecule has 0 radical (unpaired) electrons. The predicted octanol–water partition coefficient (Wildman–Crippen LogP) is 3.14. The van der Waals surface area contributed by atoms with Crippen LogP contribution in [0.25, 0.3) is 28.2 Å². The molecular formula is C26H27N9O. The van der Waals surface area contributed by atoms with Crippen molar-refractivity contribution >= 4 is 5.65 Å². The minimum Gasteiger partial charge on any atom is -0.480 e. The van der Waals surface area contributed by atoms with Crippen LogP contribution in [0.3, 0.4) is 0 Å². The lowest BCUT2D eigenvalue weighted by molar-refractivity contribution is 0.316. The largest absolute Gasteiger partial charge is 0.480 e. The van der Waals surface area contributed by atoms with Crippen LogP contribution in [0.4, 0.5) is 0 Å². The molecule has 0 spiro atoms. The fourth-order valence-corrected chi connectivity index (χ4v) is 4.55. The normalized spacial score (nSPS) is 14.0. The third kappa shape index (κ3) is 4.67. The number of ether oxygens (including phenoxy) is 1. The van der Waals surface area contributed by atoms with Crippen molar-refractivity contribution in [2.45, 2.75) is 25.8 Å². The minimum atomic E-state index is 0.517. The highest BCUT2D eigenvalue weighted by Crippen LogP contribution is 2.22. The van der Waals surface area contributed by atoms with Crippen molar-refractivity contribution in [1.29, 1.82) is 0 Å². The van der Waals surface area contributed by atoms with E-state index in [1.165, 1.54) is 25.9 Å². The summed E-state index contributed by atoms with van der Waals surface area (Å²) in [6.45, 7) is 4.34. The van der Waals surface area contributed by atoms with Crippen molar-refractivity contribution in [1.82, 2.24) is 44.5 Å². The summed E-state index contributed by atoms with van der Waals surface area (Å²) < 4.78 is 8.95. The summed E-state index contributed by atoms with van der Waals surface area (Å²) in [7, 11) is 1.59. The molecule has 0 amide bonds. The van der Waals surface area contributed by atoms with E-state index in [0.717, 1.165) is 41.2 Å². The number of likely N-dealkylation sites (tertiary alicyclic amines) is 1. The summed E-state index contributed by atoms with van der Waals surface area (Å²) in [5, 5.41) is 17.5. The molecule has 10 nitrogen and oxygen atoms in total. The predicted molar refractivity (Wildman–Crippen MR) is 135 cm³/mol. The molecule has 1 aromatic carbocycles. The molecule has 0 atom stereocenters. The zero-order chi connectivity index (χ0) is 24.3. The molecule has 5 heterocycles. The Hall–Kier alpha value is -4.18. The van der Waals surface area contributed by atoms with Crippen LogP contribution < -0.4 is 4.74 Å². The molecule has 10 heteroatoms. The van der Waals surface area contributed by atoms with Gasteiger partial charge >= 0.3 is 0 Å². The molecule has 0 N–H and O–H groups in total. The zero-order valence-electron chi connectivity index (χ0n) is 20.2. The van der Waals surface area contributed by atoms with Crippen LogP contribution in [0.15, 0.2) is 61.2 Å². The Labute approximate surface area is 208 Å². The average molecular weight is 482 g/mol. The van der Waals surface area contributed by atoms with E-state index in [1.54, 1.807) is 17.7 Å². The average Bonchev–Trinajstić information content (AvgIpc) is 3.69. The molecule has 5 aromatic rings. The molecule has 0 unspecified atom stereocenters. The summed E-state index contributed by atoms with van der Waals surface area (Å²) in [5.41, 5.74) is 4.67. The van der Waals surface area contributed by atoms with Gasteiger partial charge in [-0.2, -0.15) is 9.61 Å². The van der Waals surface area contributed by atoms with Gasteiger partial charge in [0.25, 0.3) is 0 Å². The summed E-state index contributed by atoms with van der Waals surface area (Å²) in [6.07, 6.45) is 10.9. The summed E-state index contributed by atoms with van der Waals surface area (Å²) in [5.74, 6) is 1.93. The first kappa shape index (κ1) is 22.3. The van der Waals surface area contributed by atoms with Gasteiger partial charge in [0.2, 0.25) is 5.88 Å². The first-order valence-electron chi connectivity index (χ1n) is 12.2. The van der Waals surface area contributed by atoms with E-state index < -0.39 is 0 Å². The summed E-state index contributed by atoms with van der Waals surface area (Å²) >= 11 is 0. The SMILES string of the molecule is COc1ccc2nnc(Cc3cccc(-c4ncc(-c5cnn(CCN6CCCC6)c5)cn4)c3)n2n1. The van der Waals surface area contributed by atoms with Gasteiger partial charge in [0.15, 0.2) is 17.3 Å². The van der Waals surface area contributed by atoms with Gasteiger partial charge in [-0.1, -0.05) is 18.2 Å². The molecule has 1 aliphatic heterocycles. The van der Waals surface area contributed by atoms with Crippen molar-refractivity contribution < 1.29 is 4.74 Å². The van der Waals surface area contributed by atoms with Gasteiger partial charge in [-0.15, -0.1) is 15.3 Å². The molecule has 4 aromatic heterocycles. The maximum atomic E-state index is 5.24. The van der Waals surface area contributed by atoms with Crippen LogP contribution in [-0.2, 0) is 13.0 Å². The zero-order valence-corrected chi connectivity index (χ0v) is 20.2. The van der Waals surface area contributed by atoms with Crippen molar-refractivity contribution in [3.8, 4) is 28.4 Å². The third-order valence-electron chi connectivity index (χ3n) is 6.52. The summed E-state index contributed by atoms with van der Waals surface area (Å²) in [6, 6.07) is 11.8. The van der Waals surface area contributed by atoms with Crippen molar-refractivity contribution in [3.05, 3.63) is 72.6 Å². The number of rotatable bonds is 8. The van der Waals surface area contributed by atoms with Crippen LogP contribution in [0, 0.1) is 0 Å². The number of nitrogens with zero attached hydrogens (tertiary/aromatic N) is 9. The van der Waals surface area contributed by atoms with Crippen molar-refractivity contribution in [2.75, 3.05) is 26.7 Å². The van der Waals surface area contributed by atoms with Crippen molar-refractivity contribution in [3.63, 3.8) is 0 Å². The van der Waals surface area contributed by atoms with E-state index in [1.807, 2.05) is 41.5 Å². The first-order chi connectivity index (χ1) is 17.7. The maximum Gasteiger partial charge on any atom is 0.231 e. The minimum absolute atomic E-state index is 0.517. The van der Waals surface area contributed by atoms with Crippen LogP contribution in [0.1, 0.15) is 24.2 Å². The Kier molecular flexibility index (Phi) is 6.08. The van der Waals surface area contributed by atoms with E-state index in [2.05, 4.69) is 53.6 Å². The van der Waals surface area contributed by atoms with Crippen molar-refractivity contribution in [2.24, 2.45) is 0 Å². The van der Waals surface area contributed by atoms with Gasteiger partial charge in [0.1, 0.15) is 0 Å². The molecule has 182 valence electrons. The van der Waals surface area contributed by atoms with Crippen LogP contribution in [0.5, 0.6) is 5.88 Å². The van der Waals surface area contributed by atoms with Crippen LogP contribution >= 0.6 is 0 Å². The van der Waals surface area contributed by atoms with E-state index in [9.17, 15) is 0 Å². The maximum absolute atomic E-state index is 5.24. The summed E-state index contributed by atoms with van der Waals surface area (Å²) in [4.78, 5) is 11.8. The lowest BCUT2D eigenvalue weighted by Crippen LogP contribution is -2.24. The lowest BCUT2D eigenvalue weighted by Gasteiger charge is -2.13. The smallest absolute Gasteiger partial charge is 0.231 e. The molecule has 36 heavy (non-hydrogen) atoms. The molecular weight excluding hydrogens is 454 g/mol. The highest BCUT2D eigenvalue weighted by molar-refractivity contribution is 5.62.